The van der Waals surface area contributed by atoms with E-state index < -0.39 is 10.0 Å². The Balaban J connectivity index is 1.61. The van der Waals surface area contributed by atoms with Gasteiger partial charge in [0.25, 0.3) is 5.91 Å². The Hall–Kier alpha value is -2.38. The lowest BCUT2D eigenvalue weighted by molar-refractivity contribution is 0.0932. The van der Waals surface area contributed by atoms with E-state index in [1.54, 1.807) is 12.1 Å². The Morgan fingerprint density at radius 3 is 2.52 bits per heavy atom. The minimum Gasteiger partial charge on any atom is -0.495 e. The summed E-state index contributed by atoms with van der Waals surface area (Å²) in [6.45, 7) is 1.00. The van der Waals surface area contributed by atoms with Gasteiger partial charge in [-0.25, -0.2) is 8.42 Å². The molecule has 1 saturated heterocycles. The van der Waals surface area contributed by atoms with Gasteiger partial charge in [-0.1, -0.05) is 37.1 Å². The molecule has 2 aromatic carbocycles. The molecule has 6 nitrogen and oxygen atoms in total. The molecule has 31 heavy (non-hydrogen) atoms. The summed E-state index contributed by atoms with van der Waals surface area (Å²) in [6, 6.07) is 12.8. The first-order valence-corrected chi connectivity index (χ1v) is 12.5. The number of methoxy groups -OCH3 is 1. The molecule has 0 saturated carbocycles. The normalized spacial score (nSPS) is 19.8. The highest BCUT2D eigenvalue weighted by Crippen LogP contribution is 2.32. The molecule has 0 radical (unpaired) electrons. The van der Waals surface area contributed by atoms with E-state index in [-0.39, 0.29) is 22.6 Å². The Kier molecular flexibility index (Phi) is 6.62. The fraction of sp³-hybridized carbons (Fsp3) is 0.458. The smallest absolute Gasteiger partial charge is 0.251 e. The third kappa shape index (κ3) is 4.62. The second-order valence-corrected chi connectivity index (χ2v) is 10.2. The number of hydrogen-bond donors (Lipinski definition) is 1. The van der Waals surface area contributed by atoms with Crippen molar-refractivity contribution in [3.63, 3.8) is 0 Å². The van der Waals surface area contributed by atoms with Crippen molar-refractivity contribution in [1.82, 2.24) is 9.62 Å². The second kappa shape index (κ2) is 9.40. The second-order valence-electron chi connectivity index (χ2n) is 8.30. The molecule has 2 aliphatic rings. The number of carbonyl (C=O) groups excluding carboxylic acids is 1. The quantitative estimate of drug-likeness (QED) is 0.757. The van der Waals surface area contributed by atoms with Crippen LogP contribution in [0.4, 0.5) is 0 Å². The average molecular weight is 443 g/mol. The molecule has 1 aliphatic heterocycles. The number of fused-ring (bicyclic) bond motifs is 1. The van der Waals surface area contributed by atoms with Gasteiger partial charge in [-0.05, 0) is 61.4 Å². The third-order valence-electron chi connectivity index (χ3n) is 6.28. The number of nitrogens with zero attached hydrogens (tertiary/aromatic N) is 1. The van der Waals surface area contributed by atoms with Gasteiger partial charge in [-0.3, -0.25) is 4.79 Å². The van der Waals surface area contributed by atoms with Crippen molar-refractivity contribution in [3.8, 4) is 5.75 Å². The van der Waals surface area contributed by atoms with Gasteiger partial charge in [0.15, 0.2) is 0 Å². The van der Waals surface area contributed by atoms with Crippen molar-refractivity contribution in [2.45, 2.75) is 55.9 Å². The van der Waals surface area contributed by atoms with Crippen LogP contribution in [0.2, 0.25) is 0 Å². The maximum absolute atomic E-state index is 13.4. The molecule has 1 amide bonds. The molecule has 1 atom stereocenters. The zero-order valence-corrected chi connectivity index (χ0v) is 18.8. The number of carbonyl (C=O) groups is 1. The highest BCUT2D eigenvalue weighted by Gasteiger charge is 2.30. The molecule has 0 spiro atoms. The number of ether oxygens (including phenoxy) is 1. The van der Waals surface area contributed by atoms with Crippen LogP contribution in [0, 0.1) is 0 Å². The summed E-state index contributed by atoms with van der Waals surface area (Å²) in [7, 11) is -2.28. The molecule has 4 rings (SSSR count). The minimum atomic E-state index is -3.74. The maximum Gasteiger partial charge on any atom is 0.251 e. The minimum absolute atomic E-state index is 0.0635. The molecule has 166 valence electrons. The summed E-state index contributed by atoms with van der Waals surface area (Å²) >= 11 is 0. The van der Waals surface area contributed by atoms with Gasteiger partial charge in [-0.2, -0.15) is 4.31 Å². The summed E-state index contributed by atoms with van der Waals surface area (Å²) in [5, 5.41) is 3.11. The summed E-state index contributed by atoms with van der Waals surface area (Å²) in [5.41, 5.74) is 2.74. The lowest BCUT2D eigenvalue weighted by Crippen LogP contribution is -2.33. The fourth-order valence-electron chi connectivity index (χ4n) is 4.59. The lowest BCUT2D eigenvalue weighted by atomic mass is 9.87. The van der Waals surface area contributed by atoms with E-state index in [1.165, 1.54) is 23.0 Å². The zero-order chi connectivity index (χ0) is 21.8. The molecule has 1 heterocycles. The standard InChI is InChI=1S/C24H30N2O4S/c1-30-22-14-13-19(17-23(22)31(28,29)26-15-6-2-3-7-16-26)24(27)25-21-12-8-10-18-9-4-5-11-20(18)21/h4-5,9,11,13-14,17,21H,2-3,6-8,10,12,15-16H2,1H3,(H,25,27). The molecular formula is C24H30N2O4S. The van der Waals surface area contributed by atoms with Crippen LogP contribution < -0.4 is 10.1 Å². The Morgan fingerprint density at radius 1 is 1.03 bits per heavy atom. The largest absolute Gasteiger partial charge is 0.495 e. The molecule has 1 fully saturated rings. The van der Waals surface area contributed by atoms with Gasteiger partial charge in [-0.15, -0.1) is 0 Å². The number of benzene rings is 2. The molecular weight excluding hydrogens is 412 g/mol. The van der Waals surface area contributed by atoms with Crippen LogP contribution in [-0.2, 0) is 16.4 Å². The van der Waals surface area contributed by atoms with Crippen molar-refractivity contribution < 1.29 is 17.9 Å². The molecule has 7 heteroatoms. The number of aryl methyl sites for hydroxylation is 1. The SMILES string of the molecule is COc1ccc(C(=O)NC2CCCc3ccccc32)cc1S(=O)(=O)N1CCCCCC1. The van der Waals surface area contributed by atoms with Gasteiger partial charge in [0.1, 0.15) is 10.6 Å². The summed E-state index contributed by atoms with van der Waals surface area (Å²) in [4.78, 5) is 13.1. The molecule has 0 aromatic heterocycles. The monoisotopic (exact) mass is 442 g/mol. The molecule has 1 aliphatic carbocycles. The number of rotatable bonds is 5. The van der Waals surface area contributed by atoms with E-state index in [9.17, 15) is 13.2 Å². The predicted octanol–water partition coefficient (Wildman–Crippen LogP) is 4.07. The molecule has 0 bridgehead atoms. The topological polar surface area (TPSA) is 75.7 Å². The number of amides is 1. The number of sulfonamides is 1. The van der Waals surface area contributed by atoms with E-state index >= 15 is 0 Å². The Morgan fingerprint density at radius 2 is 1.77 bits per heavy atom. The highest BCUT2D eigenvalue weighted by atomic mass is 32.2. The summed E-state index contributed by atoms with van der Waals surface area (Å²) < 4.78 is 33.6. The highest BCUT2D eigenvalue weighted by molar-refractivity contribution is 7.89. The average Bonchev–Trinajstić information content (AvgIpc) is 3.09. The van der Waals surface area contributed by atoms with Crippen molar-refractivity contribution in [3.05, 3.63) is 59.2 Å². The van der Waals surface area contributed by atoms with E-state index in [4.69, 9.17) is 4.74 Å². The van der Waals surface area contributed by atoms with Crippen molar-refractivity contribution in [2.75, 3.05) is 20.2 Å². The maximum atomic E-state index is 13.4. The molecule has 1 N–H and O–H groups in total. The Bertz CT molecular complexity index is 1040. The molecule has 1 unspecified atom stereocenters. The summed E-state index contributed by atoms with van der Waals surface area (Å²) in [6.07, 6.45) is 6.68. The van der Waals surface area contributed by atoms with Gasteiger partial charge in [0.2, 0.25) is 10.0 Å². The summed E-state index contributed by atoms with van der Waals surface area (Å²) in [5.74, 6) is 0.000446. The van der Waals surface area contributed by atoms with Crippen molar-refractivity contribution in [2.24, 2.45) is 0 Å². The van der Waals surface area contributed by atoms with Crippen LogP contribution in [0.3, 0.4) is 0 Å². The fourth-order valence-corrected chi connectivity index (χ4v) is 6.28. The van der Waals surface area contributed by atoms with Crippen molar-refractivity contribution in [1.29, 1.82) is 0 Å². The van der Waals surface area contributed by atoms with E-state index in [0.717, 1.165) is 50.5 Å². The number of hydrogen-bond acceptors (Lipinski definition) is 4. The van der Waals surface area contributed by atoms with Gasteiger partial charge in [0, 0.05) is 18.7 Å². The lowest BCUT2D eigenvalue weighted by Gasteiger charge is -2.26. The van der Waals surface area contributed by atoms with Gasteiger partial charge < -0.3 is 10.1 Å². The van der Waals surface area contributed by atoms with Crippen LogP contribution in [0.25, 0.3) is 0 Å². The Labute approximate surface area is 184 Å². The zero-order valence-electron chi connectivity index (χ0n) is 18.0. The van der Waals surface area contributed by atoms with Gasteiger partial charge >= 0.3 is 0 Å². The van der Waals surface area contributed by atoms with E-state index in [1.807, 2.05) is 12.1 Å². The van der Waals surface area contributed by atoms with Crippen LogP contribution in [0.1, 0.15) is 66.1 Å². The van der Waals surface area contributed by atoms with E-state index in [2.05, 4.69) is 17.4 Å². The number of nitrogens with one attached hydrogen (secondary N) is 1. The van der Waals surface area contributed by atoms with Crippen molar-refractivity contribution >= 4 is 15.9 Å². The predicted molar refractivity (Wildman–Crippen MR) is 120 cm³/mol. The van der Waals surface area contributed by atoms with Gasteiger partial charge in [0.05, 0.1) is 13.2 Å². The first kappa shape index (κ1) is 21.8. The van der Waals surface area contributed by atoms with E-state index in [0.29, 0.717) is 18.7 Å². The first-order chi connectivity index (χ1) is 15.0. The van der Waals surface area contributed by atoms with Crippen LogP contribution in [-0.4, -0.2) is 38.8 Å². The molecule has 2 aromatic rings. The van der Waals surface area contributed by atoms with Crippen LogP contribution in [0.15, 0.2) is 47.4 Å². The van der Waals surface area contributed by atoms with Crippen LogP contribution in [0.5, 0.6) is 5.75 Å². The first-order valence-electron chi connectivity index (χ1n) is 11.1. The third-order valence-corrected chi connectivity index (χ3v) is 8.20. The van der Waals surface area contributed by atoms with Crippen LogP contribution >= 0.6 is 0 Å².